The standard InChI is InChI=1S/C20H20Cl6N2O4/c1-28(11-17(30-2)31-3)18(29)27-13-7-8-16(15(10-13)20(24,25)26)32-14-6-4-5-12(9-14)19(21,22)23/h4-10,17H,11H2,1-3H3,(H,27,29). The summed E-state index contributed by atoms with van der Waals surface area (Å²) in [5.74, 6) is 0.614. The average molecular weight is 565 g/mol. The molecule has 0 aromatic heterocycles. The van der Waals surface area contributed by atoms with Crippen LogP contribution in [0.25, 0.3) is 0 Å². The summed E-state index contributed by atoms with van der Waals surface area (Å²) in [7, 11) is 4.55. The van der Waals surface area contributed by atoms with E-state index in [0.29, 0.717) is 17.0 Å². The number of urea groups is 1. The highest BCUT2D eigenvalue weighted by Crippen LogP contribution is 2.46. The lowest BCUT2D eigenvalue weighted by molar-refractivity contribution is -0.108. The number of nitrogens with zero attached hydrogens (tertiary/aromatic N) is 1. The lowest BCUT2D eigenvalue weighted by Crippen LogP contribution is -2.38. The van der Waals surface area contributed by atoms with Gasteiger partial charge in [0.2, 0.25) is 7.59 Å². The third-order valence-corrected chi connectivity index (χ3v) is 5.49. The van der Waals surface area contributed by atoms with Crippen LogP contribution in [0.3, 0.4) is 0 Å². The van der Waals surface area contributed by atoms with Crippen LogP contribution < -0.4 is 10.1 Å². The predicted octanol–water partition coefficient (Wildman–Crippen LogP) is 7.21. The molecule has 12 heteroatoms. The molecule has 0 spiro atoms. The number of alkyl halides is 6. The number of hydrogen-bond donors (Lipinski definition) is 1. The van der Waals surface area contributed by atoms with E-state index in [-0.39, 0.29) is 17.9 Å². The van der Waals surface area contributed by atoms with Crippen molar-refractivity contribution < 1.29 is 19.0 Å². The molecule has 0 fully saturated rings. The molecule has 2 aromatic rings. The van der Waals surface area contributed by atoms with E-state index < -0.39 is 19.9 Å². The number of hydrogen-bond acceptors (Lipinski definition) is 4. The lowest BCUT2D eigenvalue weighted by atomic mass is 10.2. The number of rotatable bonds is 7. The lowest BCUT2D eigenvalue weighted by Gasteiger charge is -2.23. The molecule has 6 nitrogen and oxygen atoms in total. The number of methoxy groups -OCH3 is 2. The molecule has 0 unspecified atom stereocenters. The van der Waals surface area contributed by atoms with Gasteiger partial charge in [-0.3, -0.25) is 0 Å². The fourth-order valence-corrected chi connectivity index (χ4v) is 3.35. The largest absolute Gasteiger partial charge is 0.457 e. The molecule has 0 saturated carbocycles. The van der Waals surface area contributed by atoms with Crippen molar-refractivity contribution in [3.63, 3.8) is 0 Å². The normalized spacial score (nSPS) is 12.1. The zero-order valence-electron chi connectivity index (χ0n) is 17.2. The molecule has 0 atom stereocenters. The van der Waals surface area contributed by atoms with Crippen molar-refractivity contribution in [1.29, 1.82) is 0 Å². The second-order valence-electron chi connectivity index (χ2n) is 6.55. The van der Waals surface area contributed by atoms with Crippen molar-refractivity contribution in [2.75, 3.05) is 33.1 Å². The summed E-state index contributed by atoms with van der Waals surface area (Å²) >= 11 is 36.2. The van der Waals surface area contributed by atoms with E-state index in [9.17, 15) is 4.79 Å². The molecular formula is C20H20Cl6N2O4. The third-order valence-electron chi connectivity index (χ3n) is 4.22. The molecular weight excluding hydrogens is 545 g/mol. The fourth-order valence-electron chi connectivity index (χ4n) is 2.55. The summed E-state index contributed by atoms with van der Waals surface area (Å²) in [6, 6.07) is 10.8. The SMILES string of the molecule is COC(CN(C)C(=O)Nc1ccc(Oc2cccc(C(Cl)(Cl)Cl)c2)c(C(Cl)(Cl)Cl)c1)OC. The van der Waals surface area contributed by atoms with Gasteiger partial charge in [-0.15, -0.1) is 0 Å². The highest BCUT2D eigenvalue weighted by Gasteiger charge is 2.29. The molecule has 176 valence electrons. The smallest absolute Gasteiger partial charge is 0.321 e. The second-order valence-corrected chi connectivity index (χ2v) is 11.1. The number of nitrogens with one attached hydrogen (secondary N) is 1. The van der Waals surface area contributed by atoms with E-state index in [4.69, 9.17) is 83.8 Å². The number of ether oxygens (including phenoxy) is 3. The Kier molecular flexibility index (Phi) is 9.88. The van der Waals surface area contributed by atoms with Crippen molar-refractivity contribution in [2.24, 2.45) is 0 Å². The first-order valence-electron chi connectivity index (χ1n) is 8.99. The number of likely N-dealkylation sites (N-methyl/N-ethyl adjacent to an activating group) is 1. The zero-order chi connectivity index (χ0) is 24.1. The maximum atomic E-state index is 12.5. The Labute approximate surface area is 216 Å². The van der Waals surface area contributed by atoms with Crippen LogP contribution in [0.15, 0.2) is 42.5 Å². The summed E-state index contributed by atoms with van der Waals surface area (Å²) < 4.78 is 12.6. The molecule has 0 radical (unpaired) electrons. The number of halogens is 6. The Morgan fingerprint density at radius 3 is 2.22 bits per heavy atom. The molecule has 2 rings (SSSR count). The van der Waals surface area contributed by atoms with Gasteiger partial charge < -0.3 is 24.4 Å². The molecule has 0 aliphatic carbocycles. The first-order chi connectivity index (χ1) is 14.8. The third kappa shape index (κ3) is 7.89. The Hall–Kier alpha value is -0.830. The summed E-state index contributed by atoms with van der Waals surface area (Å²) in [4.78, 5) is 13.9. The predicted molar refractivity (Wildman–Crippen MR) is 131 cm³/mol. The highest BCUT2D eigenvalue weighted by atomic mass is 35.6. The van der Waals surface area contributed by atoms with E-state index in [2.05, 4.69) is 5.32 Å². The van der Waals surface area contributed by atoms with Crippen molar-refractivity contribution >= 4 is 81.3 Å². The van der Waals surface area contributed by atoms with Gasteiger partial charge in [0.05, 0.1) is 6.54 Å². The van der Waals surface area contributed by atoms with Crippen molar-refractivity contribution in [3.8, 4) is 11.5 Å². The number of amides is 2. The Balaban J connectivity index is 2.26. The van der Waals surface area contributed by atoms with Gasteiger partial charge in [-0.1, -0.05) is 81.7 Å². The Bertz CT molecular complexity index is 929. The highest BCUT2D eigenvalue weighted by molar-refractivity contribution is 6.67. The van der Waals surface area contributed by atoms with Gasteiger partial charge in [-0.05, 0) is 30.3 Å². The number of carbonyl (C=O) groups is 1. The first kappa shape index (κ1) is 27.4. The molecule has 0 bridgehead atoms. The summed E-state index contributed by atoms with van der Waals surface area (Å²) in [5, 5.41) is 2.72. The fraction of sp³-hybridized carbons (Fsp3) is 0.350. The minimum atomic E-state index is -1.84. The molecule has 32 heavy (non-hydrogen) atoms. The van der Waals surface area contributed by atoms with Gasteiger partial charge in [0, 0.05) is 38.1 Å². The summed E-state index contributed by atoms with van der Waals surface area (Å²) in [5.41, 5.74) is 0.999. The van der Waals surface area contributed by atoms with Crippen LogP contribution in [0.5, 0.6) is 11.5 Å². The molecule has 1 N–H and O–H groups in total. The minimum absolute atomic E-state index is 0.203. The van der Waals surface area contributed by atoms with E-state index in [0.717, 1.165) is 0 Å². The Morgan fingerprint density at radius 1 is 1.00 bits per heavy atom. The van der Waals surface area contributed by atoms with Crippen LogP contribution in [0.1, 0.15) is 11.1 Å². The van der Waals surface area contributed by atoms with E-state index in [1.807, 2.05) is 0 Å². The van der Waals surface area contributed by atoms with Gasteiger partial charge in [0.25, 0.3) is 0 Å². The van der Waals surface area contributed by atoms with Gasteiger partial charge in [0.1, 0.15) is 11.5 Å². The molecule has 0 aliphatic rings. The monoisotopic (exact) mass is 562 g/mol. The topological polar surface area (TPSA) is 60.0 Å². The van der Waals surface area contributed by atoms with E-state index >= 15 is 0 Å². The van der Waals surface area contributed by atoms with Gasteiger partial charge in [0.15, 0.2) is 6.29 Å². The number of carbonyl (C=O) groups excluding carboxylic acids is 1. The molecule has 2 aromatic carbocycles. The van der Waals surface area contributed by atoms with Crippen LogP contribution >= 0.6 is 69.6 Å². The van der Waals surface area contributed by atoms with Gasteiger partial charge in [-0.25, -0.2) is 4.79 Å². The van der Waals surface area contributed by atoms with E-state index in [1.165, 1.54) is 25.2 Å². The second kappa shape index (κ2) is 11.5. The average Bonchev–Trinajstić information content (AvgIpc) is 2.71. The van der Waals surface area contributed by atoms with Crippen molar-refractivity contribution in [3.05, 3.63) is 53.6 Å². The summed E-state index contributed by atoms with van der Waals surface area (Å²) in [6.07, 6.45) is -0.568. The van der Waals surface area contributed by atoms with Crippen molar-refractivity contribution in [2.45, 2.75) is 13.9 Å². The quantitative estimate of drug-likeness (QED) is 0.285. The van der Waals surface area contributed by atoms with Crippen LogP contribution in [0.4, 0.5) is 10.5 Å². The van der Waals surface area contributed by atoms with Crippen LogP contribution in [0, 0.1) is 0 Å². The maximum Gasteiger partial charge on any atom is 0.321 e. The van der Waals surface area contributed by atoms with Crippen LogP contribution in [-0.2, 0) is 17.1 Å². The molecule has 2 amide bonds. The van der Waals surface area contributed by atoms with Crippen molar-refractivity contribution in [1.82, 2.24) is 4.90 Å². The van der Waals surface area contributed by atoms with Crippen LogP contribution in [-0.4, -0.2) is 45.0 Å². The van der Waals surface area contributed by atoms with Gasteiger partial charge in [-0.2, -0.15) is 0 Å². The first-order valence-corrected chi connectivity index (χ1v) is 11.3. The Morgan fingerprint density at radius 2 is 1.66 bits per heavy atom. The van der Waals surface area contributed by atoms with Gasteiger partial charge >= 0.3 is 6.03 Å². The zero-order valence-corrected chi connectivity index (χ0v) is 21.7. The van der Waals surface area contributed by atoms with Crippen LogP contribution in [0.2, 0.25) is 0 Å². The minimum Gasteiger partial charge on any atom is -0.457 e. The summed E-state index contributed by atoms with van der Waals surface area (Å²) in [6.45, 7) is 0.205. The molecule has 0 heterocycles. The molecule has 0 saturated heterocycles. The van der Waals surface area contributed by atoms with E-state index in [1.54, 1.807) is 43.4 Å². The number of benzene rings is 2. The molecule has 0 aliphatic heterocycles. The number of anilines is 1. The maximum absolute atomic E-state index is 12.5.